The van der Waals surface area contributed by atoms with Crippen LogP contribution in [0.2, 0.25) is 0 Å². The van der Waals surface area contributed by atoms with Crippen molar-refractivity contribution in [3.63, 3.8) is 0 Å². The number of aromatic nitrogens is 7. The van der Waals surface area contributed by atoms with Crippen molar-refractivity contribution >= 4 is 0 Å². The summed E-state index contributed by atoms with van der Waals surface area (Å²) in [5.74, 6) is 1.37. The Bertz CT molecular complexity index is 520. The van der Waals surface area contributed by atoms with Gasteiger partial charge in [0.05, 0.1) is 0 Å². The van der Waals surface area contributed by atoms with Crippen molar-refractivity contribution in [2.45, 2.75) is 0 Å². The van der Waals surface area contributed by atoms with Crippen molar-refractivity contribution in [1.29, 1.82) is 0 Å². The molecule has 0 bridgehead atoms. The van der Waals surface area contributed by atoms with Gasteiger partial charge in [0.2, 0.25) is 0 Å². The average molecular weight is 213 g/mol. The van der Waals surface area contributed by atoms with E-state index in [1.165, 1.54) is 12.7 Å². The number of nitrogens with zero attached hydrogens (tertiary/aromatic N) is 7. The lowest BCUT2D eigenvalue weighted by Crippen LogP contribution is -2.03. The molecule has 0 atom stereocenters. The zero-order valence-electron chi connectivity index (χ0n) is 8.17. The molecule has 0 aliphatic carbocycles. The Morgan fingerprint density at radius 2 is 1.38 bits per heavy atom. The lowest BCUT2D eigenvalue weighted by Gasteiger charge is -2.02. The van der Waals surface area contributed by atoms with Gasteiger partial charge in [-0.05, 0) is 12.1 Å². The summed E-state index contributed by atoms with van der Waals surface area (Å²) in [5, 5.41) is 8.01. The SMILES string of the molecule is c1cc(-n2cncn2)nc(-n2cncn2)c1. The van der Waals surface area contributed by atoms with Gasteiger partial charge in [-0.3, -0.25) is 0 Å². The predicted molar refractivity (Wildman–Crippen MR) is 54.1 cm³/mol. The Morgan fingerprint density at radius 1 is 0.812 bits per heavy atom. The molecular weight excluding hydrogens is 206 g/mol. The molecule has 0 amide bonds. The fourth-order valence-corrected chi connectivity index (χ4v) is 1.32. The molecule has 0 fully saturated rings. The lowest BCUT2D eigenvalue weighted by molar-refractivity contribution is 0.802. The minimum atomic E-state index is 0.686. The number of hydrogen-bond donors (Lipinski definition) is 0. The summed E-state index contributed by atoms with van der Waals surface area (Å²) in [5.41, 5.74) is 0. The molecule has 0 N–H and O–H groups in total. The van der Waals surface area contributed by atoms with Gasteiger partial charge in [-0.15, -0.1) is 0 Å². The van der Waals surface area contributed by atoms with Crippen LogP contribution in [0.1, 0.15) is 0 Å². The average Bonchev–Trinajstić information content (AvgIpc) is 3.03. The number of rotatable bonds is 2. The molecule has 7 nitrogen and oxygen atoms in total. The molecule has 16 heavy (non-hydrogen) atoms. The van der Waals surface area contributed by atoms with Crippen molar-refractivity contribution in [3.05, 3.63) is 43.5 Å². The molecule has 0 unspecified atom stereocenters. The normalized spacial score (nSPS) is 10.5. The van der Waals surface area contributed by atoms with Crippen LogP contribution in [-0.2, 0) is 0 Å². The fraction of sp³-hybridized carbons (Fsp3) is 0. The summed E-state index contributed by atoms with van der Waals surface area (Å²) in [6.45, 7) is 0. The second-order valence-corrected chi connectivity index (χ2v) is 3.03. The lowest BCUT2D eigenvalue weighted by atomic mass is 10.4. The van der Waals surface area contributed by atoms with Crippen molar-refractivity contribution in [1.82, 2.24) is 34.5 Å². The van der Waals surface area contributed by atoms with Gasteiger partial charge in [-0.1, -0.05) is 6.07 Å². The predicted octanol–water partition coefficient (Wildman–Crippen LogP) is 0.243. The highest BCUT2D eigenvalue weighted by atomic mass is 15.4. The van der Waals surface area contributed by atoms with Crippen molar-refractivity contribution < 1.29 is 0 Å². The van der Waals surface area contributed by atoms with Crippen LogP contribution in [0.15, 0.2) is 43.5 Å². The smallest absolute Gasteiger partial charge is 0.157 e. The maximum atomic E-state index is 4.38. The van der Waals surface area contributed by atoms with Gasteiger partial charge in [0.15, 0.2) is 11.6 Å². The Kier molecular flexibility index (Phi) is 1.93. The van der Waals surface area contributed by atoms with E-state index in [4.69, 9.17) is 0 Å². The van der Waals surface area contributed by atoms with Crippen LogP contribution in [0.3, 0.4) is 0 Å². The first-order valence-corrected chi connectivity index (χ1v) is 4.60. The van der Waals surface area contributed by atoms with Crippen molar-refractivity contribution in [3.8, 4) is 11.6 Å². The van der Waals surface area contributed by atoms with Gasteiger partial charge >= 0.3 is 0 Å². The van der Waals surface area contributed by atoms with Crippen LogP contribution >= 0.6 is 0 Å². The first-order valence-electron chi connectivity index (χ1n) is 4.60. The van der Waals surface area contributed by atoms with E-state index in [2.05, 4.69) is 25.1 Å². The minimum absolute atomic E-state index is 0.686. The van der Waals surface area contributed by atoms with Crippen LogP contribution in [0.25, 0.3) is 11.6 Å². The van der Waals surface area contributed by atoms with Crippen LogP contribution in [0, 0.1) is 0 Å². The molecule has 78 valence electrons. The number of hydrogen-bond acceptors (Lipinski definition) is 5. The maximum absolute atomic E-state index is 4.38. The third-order valence-corrected chi connectivity index (χ3v) is 2.03. The summed E-state index contributed by atoms with van der Waals surface area (Å²) in [4.78, 5) is 12.1. The molecule has 0 saturated carbocycles. The van der Waals surface area contributed by atoms with Gasteiger partial charge in [0, 0.05) is 0 Å². The molecule has 0 aliphatic heterocycles. The second-order valence-electron chi connectivity index (χ2n) is 3.03. The largest absolute Gasteiger partial charge is 0.223 e. The van der Waals surface area contributed by atoms with Gasteiger partial charge in [-0.2, -0.15) is 10.2 Å². The highest BCUT2D eigenvalue weighted by Gasteiger charge is 2.02. The summed E-state index contributed by atoms with van der Waals surface area (Å²) < 4.78 is 3.17. The Hall–Kier alpha value is -2.57. The minimum Gasteiger partial charge on any atom is -0.223 e. The third-order valence-electron chi connectivity index (χ3n) is 2.03. The van der Waals surface area contributed by atoms with Crippen LogP contribution in [0.5, 0.6) is 0 Å². The molecule has 3 aromatic heterocycles. The first kappa shape index (κ1) is 8.72. The first-order chi connectivity index (χ1) is 7.93. The standard InChI is InChI=1S/C9H7N7/c1-2-8(15-6-10-4-12-15)14-9(3-1)16-7-11-5-13-16/h1-7H. The topological polar surface area (TPSA) is 74.3 Å². The Labute approximate surface area is 90.4 Å². The summed E-state index contributed by atoms with van der Waals surface area (Å²) in [7, 11) is 0. The van der Waals surface area contributed by atoms with E-state index in [0.717, 1.165) is 0 Å². The summed E-state index contributed by atoms with van der Waals surface area (Å²) in [6, 6.07) is 5.56. The molecule has 3 heterocycles. The van der Waals surface area contributed by atoms with E-state index in [-0.39, 0.29) is 0 Å². The van der Waals surface area contributed by atoms with E-state index in [0.29, 0.717) is 11.6 Å². The van der Waals surface area contributed by atoms with E-state index in [9.17, 15) is 0 Å². The molecule has 0 radical (unpaired) electrons. The van der Waals surface area contributed by atoms with Gasteiger partial charge in [0.25, 0.3) is 0 Å². The number of pyridine rings is 1. The Morgan fingerprint density at radius 3 is 1.81 bits per heavy atom. The summed E-state index contributed by atoms with van der Waals surface area (Å²) in [6.07, 6.45) is 6.11. The molecule has 3 aromatic rings. The third kappa shape index (κ3) is 1.44. The van der Waals surface area contributed by atoms with E-state index in [1.807, 2.05) is 18.2 Å². The van der Waals surface area contributed by atoms with Crippen molar-refractivity contribution in [2.24, 2.45) is 0 Å². The Balaban J connectivity index is 2.07. The molecule has 0 aromatic carbocycles. The summed E-state index contributed by atoms with van der Waals surface area (Å²) >= 11 is 0. The van der Waals surface area contributed by atoms with Crippen LogP contribution in [-0.4, -0.2) is 34.5 Å². The van der Waals surface area contributed by atoms with Gasteiger partial charge < -0.3 is 0 Å². The van der Waals surface area contributed by atoms with E-state index < -0.39 is 0 Å². The van der Waals surface area contributed by atoms with E-state index in [1.54, 1.807) is 22.0 Å². The molecular formula is C9H7N7. The quantitative estimate of drug-likeness (QED) is 0.609. The molecule has 3 rings (SSSR count). The van der Waals surface area contributed by atoms with Crippen LogP contribution in [0.4, 0.5) is 0 Å². The maximum Gasteiger partial charge on any atom is 0.157 e. The molecule has 0 saturated heterocycles. The second kappa shape index (κ2) is 3.54. The molecule has 0 spiro atoms. The highest BCUT2D eigenvalue weighted by molar-refractivity contribution is 5.29. The fourth-order valence-electron chi connectivity index (χ4n) is 1.32. The monoisotopic (exact) mass is 213 g/mol. The zero-order chi connectivity index (χ0) is 10.8. The van der Waals surface area contributed by atoms with Gasteiger partial charge in [0.1, 0.15) is 25.3 Å². The zero-order valence-corrected chi connectivity index (χ0v) is 8.17. The molecule has 0 aliphatic rings. The van der Waals surface area contributed by atoms with Crippen LogP contribution < -0.4 is 0 Å². The highest BCUT2D eigenvalue weighted by Crippen LogP contribution is 2.06. The van der Waals surface area contributed by atoms with Crippen molar-refractivity contribution in [2.75, 3.05) is 0 Å². The van der Waals surface area contributed by atoms with Gasteiger partial charge in [-0.25, -0.2) is 24.3 Å². The van der Waals surface area contributed by atoms with E-state index >= 15 is 0 Å². The molecule has 7 heteroatoms.